The van der Waals surface area contributed by atoms with E-state index in [9.17, 15) is 0 Å². The Hall–Kier alpha value is -0.0400. The van der Waals surface area contributed by atoms with Gasteiger partial charge in [-0.2, -0.15) is 0 Å². The first-order valence-corrected chi connectivity index (χ1v) is 7.29. The molecule has 0 aromatic carbocycles. The van der Waals surface area contributed by atoms with Crippen molar-refractivity contribution in [2.75, 3.05) is 6.54 Å². The molecule has 1 aliphatic carbocycles. The largest absolute Gasteiger partial charge is 0.313 e. The molecular formula is C15H31N. The molecule has 1 fully saturated rings. The van der Waals surface area contributed by atoms with Crippen molar-refractivity contribution >= 4 is 0 Å². The smallest absolute Gasteiger partial charge is 0.0144 e. The molecule has 0 spiro atoms. The lowest BCUT2D eigenvalue weighted by molar-refractivity contribution is 0.168. The third-order valence-electron chi connectivity index (χ3n) is 3.98. The van der Waals surface area contributed by atoms with Gasteiger partial charge in [0.1, 0.15) is 0 Å². The number of hydrogen-bond acceptors (Lipinski definition) is 1. The third kappa shape index (κ3) is 4.45. The standard InChI is InChI=1S/C15H31N/c1-5-16-14(15(2,3)4)13-11-9-7-6-8-10-12-13/h13-14,16H,5-12H2,1-4H3. The maximum absolute atomic E-state index is 3.74. The van der Waals surface area contributed by atoms with Gasteiger partial charge in [-0.15, -0.1) is 0 Å². The summed E-state index contributed by atoms with van der Waals surface area (Å²) in [6, 6.07) is 0.704. The zero-order valence-electron chi connectivity index (χ0n) is 11.8. The van der Waals surface area contributed by atoms with Crippen LogP contribution in [-0.2, 0) is 0 Å². The molecule has 1 aliphatic rings. The van der Waals surface area contributed by atoms with Gasteiger partial charge in [0.15, 0.2) is 0 Å². The van der Waals surface area contributed by atoms with E-state index >= 15 is 0 Å². The fourth-order valence-electron chi connectivity index (χ4n) is 3.22. The van der Waals surface area contributed by atoms with E-state index in [0.29, 0.717) is 11.5 Å². The van der Waals surface area contributed by atoms with Crippen LogP contribution in [0.2, 0.25) is 0 Å². The highest BCUT2D eigenvalue weighted by Gasteiger charge is 2.31. The van der Waals surface area contributed by atoms with Crippen LogP contribution in [0.5, 0.6) is 0 Å². The topological polar surface area (TPSA) is 12.0 Å². The minimum atomic E-state index is 0.403. The van der Waals surface area contributed by atoms with Crippen LogP contribution in [0.3, 0.4) is 0 Å². The van der Waals surface area contributed by atoms with Crippen LogP contribution in [0.4, 0.5) is 0 Å². The van der Waals surface area contributed by atoms with Gasteiger partial charge < -0.3 is 5.32 Å². The van der Waals surface area contributed by atoms with Gasteiger partial charge in [0.2, 0.25) is 0 Å². The summed E-state index contributed by atoms with van der Waals surface area (Å²) in [5, 5.41) is 3.74. The van der Waals surface area contributed by atoms with E-state index in [1.165, 1.54) is 44.9 Å². The van der Waals surface area contributed by atoms with Gasteiger partial charge in [-0.05, 0) is 30.7 Å². The molecule has 0 amide bonds. The van der Waals surface area contributed by atoms with Crippen molar-refractivity contribution in [1.29, 1.82) is 0 Å². The summed E-state index contributed by atoms with van der Waals surface area (Å²) in [5.41, 5.74) is 0.403. The summed E-state index contributed by atoms with van der Waals surface area (Å²) in [6.45, 7) is 10.5. The highest BCUT2D eigenvalue weighted by atomic mass is 14.9. The van der Waals surface area contributed by atoms with Crippen molar-refractivity contribution in [3.05, 3.63) is 0 Å². The zero-order valence-corrected chi connectivity index (χ0v) is 11.8. The molecule has 0 saturated heterocycles. The fraction of sp³-hybridized carbons (Fsp3) is 1.00. The van der Waals surface area contributed by atoms with Crippen LogP contribution in [-0.4, -0.2) is 12.6 Å². The predicted octanol–water partition coefficient (Wildman–Crippen LogP) is 4.37. The van der Waals surface area contributed by atoms with Gasteiger partial charge in [0.25, 0.3) is 0 Å². The van der Waals surface area contributed by atoms with Gasteiger partial charge in [-0.3, -0.25) is 0 Å². The van der Waals surface area contributed by atoms with Crippen molar-refractivity contribution in [2.45, 2.75) is 78.7 Å². The van der Waals surface area contributed by atoms with Crippen LogP contribution >= 0.6 is 0 Å². The molecule has 0 radical (unpaired) electrons. The first-order valence-electron chi connectivity index (χ1n) is 7.29. The molecule has 0 heterocycles. The molecule has 0 bridgehead atoms. The molecule has 1 nitrogen and oxygen atoms in total. The Morgan fingerprint density at radius 2 is 1.50 bits per heavy atom. The molecule has 1 saturated carbocycles. The fourth-order valence-corrected chi connectivity index (χ4v) is 3.22. The average molecular weight is 225 g/mol. The van der Waals surface area contributed by atoms with Crippen molar-refractivity contribution in [3.63, 3.8) is 0 Å². The lowest BCUT2D eigenvalue weighted by atomic mass is 9.74. The second kappa shape index (κ2) is 6.64. The van der Waals surface area contributed by atoms with E-state index in [1.807, 2.05) is 0 Å². The third-order valence-corrected chi connectivity index (χ3v) is 3.98. The first kappa shape index (κ1) is 14.0. The van der Waals surface area contributed by atoms with Gasteiger partial charge in [-0.1, -0.05) is 59.8 Å². The van der Waals surface area contributed by atoms with Crippen LogP contribution in [0, 0.1) is 11.3 Å². The molecule has 16 heavy (non-hydrogen) atoms. The molecule has 1 N–H and O–H groups in total. The molecule has 0 aromatic heterocycles. The van der Waals surface area contributed by atoms with Crippen LogP contribution in [0.1, 0.15) is 72.6 Å². The number of rotatable bonds is 3. The minimum Gasteiger partial charge on any atom is -0.313 e. The van der Waals surface area contributed by atoms with Crippen molar-refractivity contribution in [2.24, 2.45) is 11.3 Å². The quantitative estimate of drug-likeness (QED) is 0.752. The highest BCUT2D eigenvalue weighted by molar-refractivity contribution is 4.86. The molecule has 0 aliphatic heterocycles. The van der Waals surface area contributed by atoms with Gasteiger partial charge >= 0.3 is 0 Å². The maximum Gasteiger partial charge on any atom is 0.0144 e. The van der Waals surface area contributed by atoms with Crippen molar-refractivity contribution in [3.8, 4) is 0 Å². The van der Waals surface area contributed by atoms with Crippen LogP contribution in [0.15, 0.2) is 0 Å². The highest BCUT2D eigenvalue weighted by Crippen LogP contribution is 2.33. The lowest BCUT2D eigenvalue weighted by Crippen LogP contribution is -2.46. The molecule has 96 valence electrons. The Morgan fingerprint density at radius 1 is 1.00 bits per heavy atom. The Labute approximate surface area is 102 Å². The van der Waals surface area contributed by atoms with E-state index < -0.39 is 0 Å². The number of nitrogens with one attached hydrogen (secondary N) is 1. The van der Waals surface area contributed by atoms with Gasteiger partial charge in [-0.25, -0.2) is 0 Å². The van der Waals surface area contributed by atoms with Crippen LogP contribution in [0.25, 0.3) is 0 Å². The summed E-state index contributed by atoms with van der Waals surface area (Å²) in [4.78, 5) is 0. The summed E-state index contributed by atoms with van der Waals surface area (Å²) >= 11 is 0. The molecular weight excluding hydrogens is 194 g/mol. The van der Waals surface area contributed by atoms with E-state index in [0.717, 1.165) is 12.5 Å². The zero-order chi connectivity index (χ0) is 12.0. The minimum absolute atomic E-state index is 0.403. The molecule has 0 aromatic rings. The van der Waals surface area contributed by atoms with E-state index in [2.05, 4.69) is 33.0 Å². The molecule has 1 heteroatoms. The Morgan fingerprint density at radius 3 is 1.94 bits per heavy atom. The molecule has 1 atom stereocenters. The summed E-state index contributed by atoms with van der Waals surface area (Å²) < 4.78 is 0. The summed E-state index contributed by atoms with van der Waals surface area (Å²) in [7, 11) is 0. The Kier molecular flexibility index (Phi) is 5.82. The lowest BCUT2D eigenvalue weighted by Gasteiger charge is -2.38. The monoisotopic (exact) mass is 225 g/mol. The summed E-state index contributed by atoms with van der Waals surface area (Å²) in [6.07, 6.45) is 10.2. The van der Waals surface area contributed by atoms with E-state index in [4.69, 9.17) is 0 Å². The van der Waals surface area contributed by atoms with Crippen molar-refractivity contribution in [1.82, 2.24) is 5.32 Å². The van der Waals surface area contributed by atoms with E-state index in [-0.39, 0.29) is 0 Å². The normalized spacial score (nSPS) is 22.5. The maximum atomic E-state index is 3.74. The second-order valence-electron chi connectivity index (χ2n) is 6.51. The molecule has 1 rings (SSSR count). The van der Waals surface area contributed by atoms with Gasteiger partial charge in [0.05, 0.1) is 0 Å². The number of hydrogen-bond donors (Lipinski definition) is 1. The van der Waals surface area contributed by atoms with Crippen LogP contribution < -0.4 is 5.32 Å². The second-order valence-corrected chi connectivity index (χ2v) is 6.51. The first-order chi connectivity index (χ1) is 7.55. The summed E-state index contributed by atoms with van der Waals surface area (Å²) in [5.74, 6) is 0.903. The van der Waals surface area contributed by atoms with Gasteiger partial charge in [0, 0.05) is 6.04 Å². The average Bonchev–Trinajstić information content (AvgIpc) is 2.13. The van der Waals surface area contributed by atoms with E-state index in [1.54, 1.807) is 0 Å². The Bertz CT molecular complexity index is 172. The Balaban J connectivity index is 2.59. The SMILES string of the molecule is CCNC(C1CCCCCCC1)C(C)(C)C. The van der Waals surface area contributed by atoms with Crippen molar-refractivity contribution < 1.29 is 0 Å². The molecule has 1 unspecified atom stereocenters. The predicted molar refractivity (Wildman–Crippen MR) is 72.7 cm³/mol.